The normalized spacial score (nSPS) is 14.0. The largest absolute Gasteiger partial charge is 0.478 e. The number of carbonyl (C=O) groups is 1. The number of aromatic nitrogens is 2. The third-order valence-electron chi connectivity index (χ3n) is 3.64. The molecule has 1 N–H and O–H groups in total. The number of rotatable bonds is 7. The summed E-state index contributed by atoms with van der Waals surface area (Å²) in [4.78, 5) is 19.7. The van der Waals surface area contributed by atoms with E-state index in [1.165, 1.54) is 6.20 Å². The molecular formula is C17H18N2O3. The van der Waals surface area contributed by atoms with E-state index in [9.17, 15) is 4.79 Å². The number of hydrogen-bond donors (Lipinski definition) is 1. The molecule has 0 saturated heterocycles. The van der Waals surface area contributed by atoms with Crippen LogP contribution in [0.5, 0.6) is 0 Å². The molecule has 0 atom stereocenters. The second-order valence-electron chi connectivity index (χ2n) is 5.45. The maximum Gasteiger partial charge on any atom is 0.339 e. The third kappa shape index (κ3) is 3.68. The van der Waals surface area contributed by atoms with Crippen molar-refractivity contribution in [1.29, 1.82) is 0 Å². The summed E-state index contributed by atoms with van der Waals surface area (Å²) in [5.41, 5.74) is 2.04. The average Bonchev–Trinajstić information content (AvgIpc) is 3.37. The van der Waals surface area contributed by atoms with Crippen LogP contribution in [0.2, 0.25) is 0 Å². The van der Waals surface area contributed by atoms with Gasteiger partial charge in [0.25, 0.3) is 0 Å². The van der Waals surface area contributed by atoms with Crippen molar-refractivity contribution >= 4 is 5.97 Å². The minimum Gasteiger partial charge on any atom is -0.478 e. The summed E-state index contributed by atoms with van der Waals surface area (Å²) in [5.74, 6) is -0.00757. The predicted molar refractivity (Wildman–Crippen MR) is 80.8 cm³/mol. The zero-order valence-corrected chi connectivity index (χ0v) is 12.2. The van der Waals surface area contributed by atoms with E-state index in [0.29, 0.717) is 31.2 Å². The lowest BCUT2D eigenvalue weighted by atomic mass is 10.1. The molecule has 5 nitrogen and oxygen atoms in total. The van der Waals surface area contributed by atoms with Gasteiger partial charge in [0.2, 0.25) is 0 Å². The second kappa shape index (κ2) is 6.66. The van der Waals surface area contributed by atoms with Gasteiger partial charge in [0.05, 0.1) is 24.5 Å². The molecule has 0 bridgehead atoms. The lowest BCUT2D eigenvalue weighted by Crippen LogP contribution is -2.10. The van der Waals surface area contributed by atoms with Gasteiger partial charge in [-0.3, -0.25) is 0 Å². The van der Waals surface area contributed by atoms with Crippen LogP contribution >= 0.6 is 0 Å². The van der Waals surface area contributed by atoms with Gasteiger partial charge >= 0.3 is 5.97 Å². The Labute approximate surface area is 129 Å². The predicted octanol–water partition coefficient (Wildman–Crippen LogP) is 2.81. The number of carboxylic acids is 1. The molecule has 5 heteroatoms. The first kappa shape index (κ1) is 14.7. The number of aromatic carboxylic acids is 1. The van der Waals surface area contributed by atoms with E-state index in [2.05, 4.69) is 9.97 Å². The highest BCUT2D eigenvalue weighted by molar-refractivity contribution is 5.88. The lowest BCUT2D eigenvalue weighted by Gasteiger charge is -2.07. The smallest absolute Gasteiger partial charge is 0.339 e. The van der Waals surface area contributed by atoms with Crippen molar-refractivity contribution in [3.05, 3.63) is 59.2 Å². The van der Waals surface area contributed by atoms with Crippen LogP contribution in [0.3, 0.4) is 0 Å². The van der Waals surface area contributed by atoms with Crippen molar-refractivity contribution < 1.29 is 14.6 Å². The first-order valence-electron chi connectivity index (χ1n) is 7.45. The number of benzene rings is 1. The van der Waals surface area contributed by atoms with Gasteiger partial charge in [-0.2, -0.15) is 0 Å². The van der Waals surface area contributed by atoms with Crippen molar-refractivity contribution in [1.82, 2.24) is 9.97 Å². The molecule has 0 amide bonds. The zero-order valence-electron chi connectivity index (χ0n) is 12.2. The Hall–Kier alpha value is -2.27. The summed E-state index contributed by atoms with van der Waals surface area (Å²) < 4.78 is 5.62. The van der Waals surface area contributed by atoms with Gasteiger partial charge in [-0.1, -0.05) is 30.3 Å². The molecule has 0 radical (unpaired) electrons. The molecule has 0 unspecified atom stereocenters. The molecule has 1 saturated carbocycles. The Kier molecular flexibility index (Phi) is 4.44. The zero-order chi connectivity index (χ0) is 15.4. The van der Waals surface area contributed by atoms with Crippen molar-refractivity contribution in [3.63, 3.8) is 0 Å². The van der Waals surface area contributed by atoms with Crippen LogP contribution < -0.4 is 0 Å². The van der Waals surface area contributed by atoms with Crippen LogP contribution in [0, 0.1) is 0 Å². The minimum atomic E-state index is -0.950. The summed E-state index contributed by atoms with van der Waals surface area (Å²) in [7, 11) is 0. The molecule has 114 valence electrons. The standard InChI is InChI=1S/C17H18N2O3/c20-17(21)14-10-18-15(19-16(14)13-6-7-13)8-9-22-11-12-4-2-1-3-5-12/h1-5,10,13H,6-9,11H2,(H,20,21). The fourth-order valence-corrected chi connectivity index (χ4v) is 2.31. The van der Waals surface area contributed by atoms with Gasteiger partial charge in [-0.15, -0.1) is 0 Å². The molecule has 2 aromatic rings. The Bertz CT molecular complexity index is 654. The molecule has 0 aliphatic heterocycles. The third-order valence-corrected chi connectivity index (χ3v) is 3.64. The van der Waals surface area contributed by atoms with Gasteiger partial charge in [-0.25, -0.2) is 14.8 Å². The van der Waals surface area contributed by atoms with Crippen LogP contribution in [-0.4, -0.2) is 27.7 Å². The Balaban J connectivity index is 1.56. The number of hydrogen-bond acceptors (Lipinski definition) is 4. The van der Waals surface area contributed by atoms with E-state index in [1.54, 1.807) is 0 Å². The second-order valence-corrected chi connectivity index (χ2v) is 5.45. The highest BCUT2D eigenvalue weighted by Gasteiger charge is 2.30. The maximum atomic E-state index is 11.2. The van der Waals surface area contributed by atoms with E-state index in [-0.39, 0.29) is 11.5 Å². The fraction of sp³-hybridized carbons (Fsp3) is 0.353. The minimum absolute atomic E-state index is 0.233. The van der Waals surface area contributed by atoms with Gasteiger partial charge < -0.3 is 9.84 Å². The number of ether oxygens (including phenoxy) is 1. The molecule has 1 aliphatic rings. The van der Waals surface area contributed by atoms with Crippen molar-refractivity contribution in [3.8, 4) is 0 Å². The Morgan fingerprint density at radius 3 is 2.73 bits per heavy atom. The summed E-state index contributed by atoms with van der Waals surface area (Å²) in [6.45, 7) is 1.08. The molecule has 1 aromatic carbocycles. The molecule has 1 heterocycles. The quantitative estimate of drug-likeness (QED) is 0.796. The Morgan fingerprint density at radius 1 is 1.27 bits per heavy atom. The molecule has 1 aromatic heterocycles. The van der Waals surface area contributed by atoms with Crippen LogP contribution in [0.25, 0.3) is 0 Å². The Morgan fingerprint density at radius 2 is 2.05 bits per heavy atom. The molecule has 1 fully saturated rings. The highest BCUT2D eigenvalue weighted by Crippen LogP contribution is 2.40. The van der Waals surface area contributed by atoms with Crippen molar-refractivity contribution in [2.75, 3.05) is 6.61 Å². The molecule has 1 aliphatic carbocycles. The van der Waals surface area contributed by atoms with Crippen LogP contribution in [0.1, 0.15) is 46.2 Å². The number of carboxylic acid groups (broad SMARTS) is 1. The monoisotopic (exact) mass is 298 g/mol. The summed E-state index contributed by atoms with van der Waals surface area (Å²) in [5, 5.41) is 9.17. The fourth-order valence-electron chi connectivity index (χ4n) is 2.31. The van der Waals surface area contributed by atoms with E-state index in [0.717, 1.165) is 18.4 Å². The van der Waals surface area contributed by atoms with Gasteiger partial charge in [-0.05, 0) is 18.4 Å². The van der Waals surface area contributed by atoms with Gasteiger partial charge in [0.15, 0.2) is 0 Å². The van der Waals surface area contributed by atoms with E-state index in [1.807, 2.05) is 30.3 Å². The molecule has 22 heavy (non-hydrogen) atoms. The maximum absolute atomic E-state index is 11.2. The van der Waals surface area contributed by atoms with Gasteiger partial charge in [0, 0.05) is 18.5 Å². The van der Waals surface area contributed by atoms with Gasteiger partial charge in [0.1, 0.15) is 5.82 Å². The van der Waals surface area contributed by atoms with E-state index in [4.69, 9.17) is 9.84 Å². The van der Waals surface area contributed by atoms with E-state index < -0.39 is 5.97 Å². The van der Waals surface area contributed by atoms with Crippen molar-refractivity contribution in [2.24, 2.45) is 0 Å². The molecule has 0 spiro atoms. The lowest BCUT2D eigenvalue weighted by molar-refractivity contribution is 0.0694. The summed E-state index contributed by atoms with van der Waals surface area (Å²) in [6, 6.07) is 9.97. The van der Waals surface area contributed by atoms with Crippen LogP contribution in [-0.2, 0) is 17.8 Å². The SMILES string of the molecule is O=C(O)c1cnc(CCOCc2ccccc2)nc1C1CC1. The molecule has 3 rings (SSSR count). The summed E-state index contributed by atoms with van der Waals surface area (Å²) >= 11 is 0. The average molecular weight is 298 g/mol. The molecular weight excluding hydrogens is 280 g/mol. The topological polar surface area (TPSA) is 72.3 Å². The first-order chi connectivity index (χ1) is 10.7. The van der Waals surface area contributed by atoms with Crippen LogP contribution in [0.4, 0.5) is 0 Å². The number of nitrogens with zero attached hydrogens (tertiary/aromatic N) is 2. The van der Waals surface area contributed by atoms with Crippen molar-refractivity contribution in [2.45, 2.75) is 31.8 Å². The summed E-state index contributed by atoms with van der Waals surface area (Å²) in [6.07, 6.45) is 4.05. The van der Waals surface area contributed by atoms with E-state index >= 15 is 0 Å². The first-order valence-corrected chi connectivity index (χ1v) is 7.45. The van der Waals surface area contributed by atoms with Crippen LogP contribution in [0.15, 0.2) is 36.5 Å². The highest BCUT2D eigenvalue weighted by atomic mass is 16.5.